The fourth-order valence-corrected chi connectivity index (χ4v) is 4.86. The number of benzene rings is 3. The highest BCUT2D eigenvalue weighted by molar-refractivity contribution is 7.92. The maximum atomic E-state index is 13.7. The molecule has 0 fully saturated rings. The van der Waals surface area contributed by atoms with E-state index in [0.717, 1.165) is 5.56 Å². The lowest BCUT2D eigenvalue weighted by atomic mass is 10.1. The van der Waals surface area contributed by atoms with Crippen LogP contribution in [0.25, 0.3) is 0 Å². The molecule has 0 radical (unpaired) electrons. The smallest absolute Gasteiger partial charge is 0.265 e. The number of halogens is 1. The van der Waals surface area contributed by atoms with Gasteiger partial charge in [-0.2, -0.15) is 0 Å². The van der Waals surface area contributed by atoms with Gasteiger partial charge in [0.1, 0.15) is 11.5 Å². The second kappa shape index (κ2) is 8.76. The first-order valence-electron chi connectivity index (χ1n) is 8.95. The molecule has 3 aromatic rings. The minimum Gasteiger partial charge on any atom is -0.497 e. The fourth-order valence-electron chi connectivity index (χ4n) is 3.05. The molecular weight excluding hydrogens is 410 g/mol. The molecule has 0 heterocycles. The SMILES string of the molecule is COc1ccc(N([C@@H](C)c2ccc(Cl)cc2)S(=O)(=O)c2cccc(OC)c2)cc1. The lowest BCUT2D eigenvalue weighted by Crippen LogP contribution is -2.33. The van der Waals surface area contributed by atoms with E-state index in [4.69, 9.17) is 21.1 Å². The second-order valence-corrected chi connectivity index (χ2v) is 8.66. The summed E-state index contributed by atoms with van der Waals surface area (Å²) >= 11 is 6.01. The molecular formula is C22H22ClNO4S. The van der Waals surface area contributed by atoms with Crippen molar-refractivity contribution in [3.05, 3.63) is 83.4 Å². The number of ether oxygens (including phenoxy) is 2. The Labute approximate surface area is 176 Å². The summed E-state index contributed by atoms with van der Waals surface area (Å²) in [6, 6.07) is 20.0. The predicted molar refractivity (Wildman–Crippen MR) is 116 cm³/mol. The van der Waals surface area contributed by atoms with Crippen LogP contribution < -0.4 is 13.8 Å². The Kier molecular flexibility index (Phi) is 6.35. The van der Waals surface area contributed by atoms with Gasteiger partial charge in [0.2, 0.25) is 0 Å². The second-order valence-electron chi connectivity index (χ2n) is 6.41. The number of nitrogens with zero attached hydrogens (tertiary/aromatic N) is 1. The minimum absolute atomic E-state index is 0.147. The van der Waals surface area contributed by atoms with E-state index in [1.807, 2.05) is 19.1 Å². The van der Waals surface area contributed by atoms with Crippen LogP contribution in [0.5, 0.6) is 11.5 Å². The first kappa shape index (κ1) is 21.0. The van der Waals surface area contributed by atoms with Gasteiger partial charge in [-0.3, -0.25) is 4.31 Å². The topological polar surface area (TPSA) is 55.8 Å². The Balaban J connectivity index is 2.13. The zero-order valence-electron chi connectivity index (χ0n) is 16.4. The monoisotopic (exact) mass is 431 g/mol. The van der Waals surface area contributed by atoms with Crippen LogP contribution in [0.1, 0.15) is 18.5 Å². The molecule has 0 unspecified atom stereocenters. The van der Waals surface area contributed by atoms with Gasteiger partial charge in [-0.05, 0) is 61.0 Å². The average molecular weight is 432 g/mol. The molecule has 5 nitrogen and oxygen atoms in total. The van der Waals surface area contributed by atoms with E-state index in [-0.39, 0.29) is 4.90 Å². The van der Waals surface area contributed by atoms with Crippen LogP contribution in [0.2, 0.25) is 5.02 Å². The summed E-state index contributed by atoms with van der Waals surface area (Å²) < 4.78 is 39.1. The van der Waals surface area contributed by atoms with Crippen LogP contribution in [0, 0.1) is 0 Å². The molecule has 0 aromatic heterocycles. The van der Waals surface area contributed by atoms with Gasteiger partial charge in [0.05, 0.1) is 30.8 Å². The number of anilines is 1. The summed E-state index contributed by atoms with van der Waals surface area (Å²) in [5.74, 6) is 1.12. The van der Waals surface area contributed by atoms with Crippen molar-refractivity contribution in [2.75, 3.05) is 18.5 Å². The standard InChI is InChI=1S/C22H22ClNO4S/c1-16(17-7-9-18(23)10-8-17)24(19-11-13-20(27-2)14-12-19)29(25,26)22-6-4-5-21(15-22)28-3/h4-16H,1-3H3/t16-/m0/s1. The third-order valence-corrected chi connectivity index (χ3v) is 6.78. The highest BCUT2D eigenvalue weighted by Gasteiger charge is 2.30. The quantitative estimate of drug-likeness (QED) is 0.508. The molecule has 7 heteroatoms. The highest BCUT2D eigenvalue weighted by Crippen LogP contribution is 2.35. The molecule has 0 bridgehead atoms. The van der Waals surface area contributed by atoms with Gasteiger partial charge in [0, 0.05) is 11.1 Å². The maximum absolute atomic E-state index is 13.7. The van der Waals surface area contributed by atoms with E-state index >= 15 is 0 Å². The fraction of sp³-hybridized carbons (Fsp3) is 0.182. The van der Waals surface area contributed by atoms with Crippen molar-refractivity contribution in [1.29, 1.82) is 0 Å². The number of sulfonamides is 1. The number of rotatable bonds is 7. The van der Waals surface area contributed by atoms with Crippen molar-refractivity contribution in [2.45, 2.75) is 17.9 Å². The zero-order valence-corrected chi connectivity index (χ0v) is 17.9. The Morgan fingerprint density at radius 2 is 1.48 bits per heavy atom. The normalized spacial score (nSPS) is 12.3. The highest BCUT2D eigenvalue weighted by atomic mass is 35.5. The Morgan fingerprint density at radius 1 is 0.862 bits per heavy atom. The Morgan fingerprint density at radius 3 is 2.07 bits per heavy atom. The van der Waals surface area contributed by atoms with Crippen LogP contribution in [-0.2, 0) is 10.0 Å². The zero-order chi connectivity index (χ0) is 21.0. The van der Waals surface area contributed by atoms with E-state index in [1.54, 1.807) is 61.7 Å². The predicted octanol–water partition coefficient (Wildman–Crippen LogP) is 5.31. The van der Waals surface area contributed by atoms with Crippen molar-refractivity contribution in [1.82, 2.24) is 0 Å². The van der Waals surface area contributed by atoms with Crippen molar-refractivity contribution >= 4 is 27.3 Å². The summed E-state index contributed by atoms with van der Waals surface area (Å²) in [5, 5.41) is 0.590. The summed E-state index contributed by atoms with van der Waals surface area (Å²) in [6.45, 7) is 1.84. The van der Waals surface area contributed by atoms with Crippen LogP contribution in [-0.4, -0.2) is 22.6 Å². The molecule has 0 aliphatic carbocycles. The first-order valence-corrected chi connectivity index (χ1v) is 10.8. The Hall–Kier alpha value is -2.70. The molecule has 3 rings (SSSR count). The Bertz CT molecular complexity index is 1070. The molecule has 29 heavy (non-hydrogen) atoms. The minimum atomic E-state index is -3.88. The molecule has 0 spiro atoms. The van der Waals surface area contributed by atoms with Gasteiger partial charge in [-0.25, -0.2) is 8.42 Å². The first-order chi connectivity index (χ1) is 13.9. The number of methoxy groups -OCH3 is 2. The van der Waals surface area contributed by atoms with E-state index in [2.05, 4.69) is 0 Å². The van der Waals surface area contributed by atoms with Gasteiger partial charge in [-0.1, -0.05) is 29.8 Å². The molecule has 152 valence electrons. The maximum Gasteiger partial charge on any atom is 0.265 e. The van der Waals surface area contributed by atoms with Gasteiger partial charge < -0.3 is 9.47 Å². The van der Waals surface area contributed by atoms with E-state index in [1.165, 1.54) is 17.5 Å². The van der Waals surface area contributed by atoms with Crippen molar-refractivity contribution in [3.63, 3.8) is 0 Å². The number of hydrogen-bond donors (Lipinski definition) is 0. The molecule has 0 aliphatic heterocycles. The average Bonchev–Trinajstić information content (AvgIpc) is 2.74. The lowest BCUT2D eigenvalue weighted by molar-refractivity contribution is 0.413. The van der Waals surface area contributed by atoms with Crippen molar-refractivity contribution in [2.24, 2.45) is 0 Å². The molecule has 0 amide bonds. The third-order valence-electron chi connectivity index (χ3n) is 4.63. The summed E-state index contributed by atoms with van der Waals surface area (Å²) in [6.07, 6.45) is 0. The molecule has 1 atom stereocenters. The summed E-state index contributed by atoms with van der Waals surface area (Å²) in [5.41, 5.74) is 1.34. The van der Waals surface area contributed by atoms with E-state index in [9.17, 15) is 8.42 Å². The summed E-state index contributed by atoms with van der Waals surface area (Å²) in [4.78, 5) is 0.147. The van der Waals surface area contributed by atoms with E-state index in [0.29, 0.717) is 22.2 Å². The molecule has 3 aromatic carbocycles. The molecule has 0 saturated carbocycles. The summed E-state index contributed by atoms with van der Waals surface area (Å²) in [7, 11) is -0.815. The van der Waals surface area contributed by atoms with Crippen LogP contribution >= 0.6 is 11.6 Å². The van der Waals surface area contributed by atoms with Gasteiger partial charge >= 0.3 is 0 Å². The van der Waals surface area contributed by atoms with Crippen LogP contribution in [0.15, 0.2) is 77.7 Å². The van der Waals surface area contributed by atoms with Gasteiger partial charge in [0.25, 0.3) is 10.0 Å². The van der Waals surface area contributed by atoms with E-state index < -0.39 is 16.1 Å². The third kappa shape index (κ3) is 4.49. The number of hydrogen-bond acceptors (Lipinski definition) is 4. The van der Waals surface area contributed by atoms with Crippen molar-refractivity contribution in [3.8, 4) is 11.5 Å². The molecule has 0 N–H and O–H groups in total. The molecule has 0 aliphatic rings. The largest absolute Gasteiger partial charge is 0.497 e. The van der Waals surface area contributed by atoms with Crippen LogP contribution in [0.3, 0.4) is 0 Å². The van der Waals surface area contributed by atoms with Crippen molar-refractivity contribution < 1.29 is 17.9 Å². The van der Waals surface area contributed by atoms with Gasteiger partial charge in [-0.15, -0.1) is 0 Å². The lowest BCUT2D eigenvalue weighted by Gasteiger charge is -2.31. The van der Waals surface area contributed by atoms with Gasteiger partial charge in [0.15, 0.2) is 0 Å². The molecule has 0 saturated heterocycles. The van der Waals surface area contributed by atoms with Crippen LogP contribution in [0.4, 0.5) is 5.69 Å².